The second-order valence-electron chi connectivity index (χ2n) is 6.45. The van der Waals surface area contributed by atoms with E-state index < -0.39 is 0 Å². The van der Waals surface area contributed by atoms with E-state index in [0.29, 0.717) is 35.6 Å². The number of fused-ring (bicyclic) bond motifs is 3. The zero-order chi connectivity index (χ0) is 19.7. The minimum Gasteiger partial charge on any atom is -0.383 e. The number of amides is 1. The number of methoxy groups -OCH3 is 1. The van der Waals surface area contributed by atoms with Gasteiger partial charge in [0.05, 0.1) is 17.6 Å². The van der Waals surface area contributed by atoms with Gasteiger partial charge in [-0.3, -0.25) is 14.0 Å². The van der Waals surface area contributed by atoms with Crippen molar-refractivity contribution in [2.45, 2.75) is 0 Å². The Morgan fingerprint density at radius 1 is 1.18 bits per heavy atom. The lowest BCUT2D eigenvalue weighted by atomic mass is 10.1. The summed E-state index contributed by atoms with van der Waals surface area (Å²) >= 11 is 0. The second-order valence-corrected chi connectivity index (χ2v) is 6.45. The van der Waals surface area contributed by atoms with E-state index >= 15 is 0 Å². The van der Waals surface area contributed by atoms with Gasteiger partial charge in [-0.25, -0.2) is 0 Å². The van der Waals surface area contributed by atoms with Gasteiger partial charge in [0.15, 0.2) is 5.82 Å². The number of H-pyrrole nitrogens is 1. The standard InChI is InChI=1S/C20H19N5O3/c1-24(10-11-28-2)20(27)14-8-9-15-16(12-14)25-17(13-6-4-3-5-7-13)22-23-18(25)19(26)21-15/h3-9,12H,10-11H2,1-2H3,(H,21,26). The first-order valence-electron chi connectivity index (χ1n) is 8.81. The molecule has 0 aliphatic heterocycles. The number of nitrogens with zero attached hydrogens (tertiary/aromatic N) is 4. The van der Waals surface area contributed by atoms with Crippen molar-refractivity contribution in [1.29, 1.82) is 0 Å². The van der Waals surface area contributed by atoms with E-state index in [2.05, 4.69) is 15.2 Å². The number of aromatic nitrogens is 4. The van der Waals surface area contributed by atoms with E-state index in [-0.39, 0.29) is 17.1 Å². The number of hydrogen-bond donors (Lipinski definition) is 1. The van der Waals surface area contributed by atoms with Gasteiger partial charge in [0, 0.05) is 31.8 Å². The number of ether oxygens (including phenoxy) is 1. The van der Waals surface area contributed by atoms with Gasteiger partial charge in [-0.2, -0.15) is 0 Å². The number of aromatic amines is 1. The summed E-state index contributed by atoms with van der Waals surface area (Å²) in [6.45, 7) is 0.938. The number of carbonyl (C=O) groups excluding carboxylic acids is 1. The van der Waals surface area contributed by atoms with Crippen LogP contribution in [-0.2, 0) is 4.74 Å². The Bertz CT molecular complexity index is 1210. The number of benzene rings is 2. The third-order valence-electron chi connectivity index (χ3n) is 4.61. The summed E-state index contributed by atoms with van der Waals surface area (Å²) in [5, 5.41) is 8.26. The molecule has 4 aromatic rings. The van der Waals surface area contributed by atoms with Crippen molar-refractivity contribution >= 4 is 22.6 Å². The lowest BCUT2D eigenvalue weighted by Crippen LogP contribution is -2.30. The van der Waals surface area contributed by atoms with Crippen LogP contribution < -0.4 is 5.56 Å². The van der Waals surface area contributed by atoms with Gasteiger partial charge in [-0.15, -0.1) is 10.2 Å². The molecule has 142 valence electrons. The maximum atomic E-state index is 12.7. The summed E-state index contributed by atoms with van der Waals surface area (Å²) in [4.78, 5) is 29.6. The maximum absolute atomic E-state index is 12.7. The van der Waals surface area contributed by atoms with E-state index in [9.17, 15) is 9.59 Å². The molecule has 0 saturated carbocycles. The Labute approximate surface area is 160 Å². The molecule has 0 bridgehead atoms. The monoisotopic (exact) mass is 377 g/mol. The average molecular weight is 377 g/mol. The first-order chi connectivity index (χ1) is 13.6. The van der Waals surface area contributed by atoms with E-state index in [4.69, 9.17) is 4.74 Å². The molecule has 8 heteroatoms. The van der Waals surface area contributed by atoms with Crippen LogP contribution in [0.4, 0.5) is 0 Å². The van der Waals surface area contributed by atoms with E-state index in [1.54, 1.807) is 41.7 Å². The van der Waals surface area contributed by atoms with Crippen molar-refractivity contribution < 1.29 is 9.53 Å². The number of hydrogen-bond acceptors (Lipinski definition) is 5. The number of likely N-dealkylation sites (N-methyl/N-ethyl adjacent to an activating group) is 1. The van der Waals surface area contributed by atoms with Crippen LogP contribution in [0.5, 0.6) is 0 Å². The van der Waals surface area contributed by atoms with Crippen molar-refractivity contribution in [2.75, 3.05) is 27.3 Å². The molecule has 0 aliphatic carbocycles. The summed E-state index contributed by atoms with van der Waals surface area (Å²) in [6.07, 6.45) is 0. The SMILES string of the molecule is COCCN(C)C(=O)c1ccc2[nH]c(=O)c3nnc(-c4ccccc4)n3c2c1. The van der Waals surface area contributed by atoms with Crippen LogP contribution in [0, 0.1) is 0 Å². The minimum absolute atomic E-state index is 0.132. The molecule has 8 nitrogen and oxygen atoms in total. The normalized spacial score (nSPS) is 11.2. The Morgan fingerprint density at radius 2 is 1.96 bits per heavy atom. The molecule has 0 fully saturated rings. The summed E-state index contributed by atoms with van der Waals surface area (Å²) in [5.41, 5.74) is 2.44. The molecule has 0 radical (unpaired) electrons. The van der Waals surface area contributed by atoms with Gasteiger partial charge in [-0.1, -0.05) is 30.3 Å². The fourth-order valence-corrected chi connectivity index (χ4v) is 3.12. The molecule has 1 amide bonds. The van der Waals surface area contributed by atoms with Crippen LogP contribution in [-0.4, -0.2) is 57.7 Å². The average Bonchev–Trinajstić information content (AvgIpc) is 3.18. The van der Waals surface area contributed by atoms with Crippen molar-refractivity contribution in [3.8, 4) is 11.4 Å². The fourth-order valence-electron chi connectivity index (χ4n) is 3.12. The zero-order valence-electron chi connectivity index (χ0n) is 15.5. The Balaban J connectivity index is 1.91. The first-order valence-corrected chi connectivity index (χ1v) is 8.81. The highest BCUT2D eigenvalue weighted by Gasteiger charge is 2.17. The second kappa shape index (κ2) is 7.24. The predicted octanol–water partition coefficient (Wildman–Crippen LogP) is 1.96. The molecule has 0 unspecified atom stereocenters. The smallest absolute Gasteiger partial charge is 0.294 e. The Morgan fingerprint density at radius 3 is 2.71 bits per heavy atom. The third kappa shape index (κ3) is 3.03. The lowest BCUT2D eigenvalue weighted by Gasteiger charge is -2.17. The molecule has 0 saturated heterocycles. The van der Waals surface area contributed by atoms with Crippen molar-refractivity contribution in [3.05, 3.63) is 64.4 Å². The molecule has 2 aromatic carbocycles. The molecule has 28 heavy (non-hydrogen) atoms. The quantitative estimate of drug-likeness (QED) is 0.574. The molecule has 4 rings (SSSR count). The number of rotatable bonds is 5. The van der Waals surface area contributed by atoms with E-state index in [0.717, 1.165) is 5.56 Å². The van der Waals surface area contributed by atoms with Crippen molar-refractivity contribution in [2.24, 2.45) is 0 Å². The van der Waals surface area contributed by atoms with Gasteiger partial charge in [0.2, 0.25) is 5.65 Å². The summed E-state index contributed by atoms with van der Waals surface area (Å²) in [6, 6.07) is 14.7. The minimum atomic E-state index is -0.335. The summed E-state index contributed by atoms with van der Waals surface area (Å²) < 4.78 is 6.73. The highest BCUT2D eigenvalue weighted by Crippen LogP contribution is 2.22. The molecule has 0 spiro atoms. The Kier molecular flexibility index (Phi) is 4.62. The first kappa shape index (κ1) is 17.9. The van der Waals surface area contributed by atoms with E-state index in [1.165, 1.54) is 0 Å². The van der Waals surface area contributed by atoms with Gasteiger partial charge in [-0.05, 0) is 18.2 Å². The number of nitrogens with one attached hydrogen (secondary N) is 1. The highest BCUT2D eigenvalue weighted by atomic mass is 16.5. The largest absolute Gasteiger partial charge is 0.383 e. The van der Waals surface area contributed by atoms with Crippen LogP contribution in [0.25, 0.3) is 28.1 Å². The van der Waals surface area contributed by atoms with Crippen LogP contribution in [0.2, 0.25) is 0 Å². The molecule has 1 N–H and O–H groups in total. The van der Waals surface area contributed by atoms with Gasteiger partial charge in [0.25, 0.3) is 11.5 Å². The molecule has 2 heterocycles. The molecule has 0 aliphatic rings. The molecule has 2 aromatic heterocycles. The predicted molar refractivity (Wildman–Crippen MR) is 105 cm³/mol. The summed E-state index contributed by atoms with van der Waals surface area (Å²) in [7, 11) is 3.32. The molecular formula is C20H19N5O3. The van der Waals surface area contributed by atoms with Crippen LogP contribution in [0.15, 0.2) is 53.3 Å². The van der Waals surface area contributed by atoms with Crippen LogP contribution in [0.3, 0.4) is 0 Å². The van der Waals surface area contributed by atoms with Crippen molar-refractivity contribution in [1.82, 2.24) is 24.5 Å². The fraction of sp³-hybridized carbons (Fsp3) is 0.200. The number of carbonyl (C=O) groups is 1. The van der Waals surface area contributed by atoms with Gasteiger partial charge >= 0.3 is 0 Å². The van der Waals surface area contributed by atoms with Gasteiger partial charge < -0.3 is 14.6 Å². The summed E-state index contributed by atoms with van der Waals surface area (Å²) in [5.74, 6) is 0.414. The van der Waals surface area contributed by atoms with Gasteiger partial charge in [0.1, 0.15) is 0 Å². The third-order valence-corrected chi connectivity index (χ3v) is 4.61. The van der Waals surface area contributed by atoms with Crippen LogP contribution in [0.1, 0.15) is 10.4 Å². The molecule has 0 atom stereocenters. The van der Waals surface area contributed by atoms with E-state index in [1.807, 2.05) is 30.3 Å². The van der Waals surface area contributed by atoms with Crippen LogP contribution >= 0.6 is 0 Å². The lowest BCUT2D eigenvalue weighted by molar-refractivity contribution is 0.0744. The topological polar surface area (TPSA) is 92.6 Å². The maximum Gasteiger partial charge on any atom is 0.294 e. The highest BCUT2D eigenvalue weighted by molar-refractivity contribution is 5.97. The Hall–Kier alpha value is -3.52. The zero-order valence-corrected chi connectivity index (χ0v) is 15.5. The van der Waals surface area contributed by atoms with Crippen molar-refractivity contribution in [3.63, 3.8) is 0 Å². The molecular weight excluding hydrogens is 358 g/mol.